The van der Waals surface area contributed by atoms with E-state index >= 15 is 0 Å². The van der Waals surface area contributed by atoms with Gasteiger partial charge in [-0.15, -0.1) is 24.8 Å². The number of rotatable bonds is 13. The van der Waals surface area contributed by atoms with Crippen LogP contribution in [0.5, 0.6) is 23.0 Å². The number of nitrogens with two attached hydrogens (primary N) is 1. The number of alkyl carbamates (subject to hydrolysis) is 1. The molecular formula is C58H89Br2Cl2F19N4O9S. The van der Waals surface area contributed by atoms with Gasteiger partial charge in [-0.2, -0.15) is 74.3 Å². The van der Waals surface area contributed by atoms with Crippen LogP contribution in [0.2, 0.25) is 0 Å². The summed E-state index contributed by atoms with van der Waals surface area (Å²) in [6.07, 6.45) is -15.8. The number of amides is 1. The quantitative estimate of drug-likeness (QED) is 0.0661. The van der Waals surface area contributed by atoms with Gasteiger partial charge in [0.05, 0.1) is 20.3 Å². The minimum atomic E-state index is -6.15. The lowest BCUT2D eigenvalue weighted by atomic mass is 9.96. The summed E-state index contributed by atoms with van der Waals surface area (Å²) in [6.45, 7) is 2.07. The van der Waals surface area contributed by atoms with Gasteiger partial charge < -0.3 is 44.9 Å². The van der Waals surface area contributed by atoms with Gasteiger partial charge in [-0.25, -0.2) is 22.4 Å². The Morgan fingerprint density at radius 1 is 0.526 bits per heavy atom. The summed E-state index contributed by atoms with van der Waals surface area (Å²) in [6, 6.07) is 14.3. The summed E-state index contributed by atoms with van der Waals surface area (Å²) >= 11 is 5.95. The van der Waals surface area contributed by atoms with Crippen LogP contribution in [0.1, 0.15) is 106 Å². The second-order valence-electron chi connectivity index (χ2n) is 18.9. The number of aromatic hydroxyl groups is 1. The maximum absolute atomic E-state index is 13.5. The Balaban J connectivity index is -0.000000142. The number of carbonyl (C=O) groups is 1. The van der Waals surface area contributed by atoms with Gasteiger partial charge in [0.1, 0.15) is 51.9 Å². The Morgan fingerprint density at radius 3 is 1.16 bits per heavy atom. The number of piperidine rings is 2. The van der Waals surface area contributed by atoms with Crippen molar-refractivity contribution in [2.45, 2.75) is 142 Å². The number of halogens is 23. The van der Waals surface area contributed by atoms with Crippen molar-refractivity contribution in [1.82, 2.24) is 5.32 Å². The number of carbonyl (C=O) groups excluding carboxylic acids is 1. The highest BCUT2D eigenvalue weighted by Gasteiger charge is 2.49. The largest absolute Gasteiger partial charge is 0.523 e. The number of phenolic OH excluding ortho intramolecular Hbond substituents is 1. The van der Waals surface area contributed by atoms with Gasteiger partial charge in [0.2, 0.25) is 0 Å². The molecule has 2 aliphatic rings. The number of phenols is 1. The van der Waals surface area contributed by atoms with Crippen LogP contribution in [0.25, 0.3) is 0 Å². The van der Waals surface area contributed by atoms with Gasteiger partial charge in [-0.3, -0.25) is 4.18 Å². The van der Waals surface area contributed by atoms with E-state index in [-0.39, 0.29) is 118 Å². The maximum Gasteiger partial charge on any atom is 0.523 e. The molecule has 2 fully saturated rings. The molecule has 13 nitrogen and oxygen atoms in total. The topological polar surface area (TPSA) is 162 Å². The second kappa shape index (κ2) is 47.9. The van der Waals surface area contributed by atoms with Crippen molar-refractivity contribution in [3.63, 3.8) is 0 Å². The number of hydrogen-bond acceptors (Lipinski definition) is 12. The van der Waals surface area contributed by atoms with Crippen molar-refractivity contribution in [2.24, 2.45) is 17.6 Å². The Bertz CT molecular complexity index is 2830. The predicted molar refractivity (Wildman–Crippen MR) is 346 cm³/mol. The van der Waals surface area contributed by atoms with Crippen LogP contribution in [0.4, 0.5) is 99.6 Å². The number of nitrogens with one attached hydrogen (secondary N) is 1. The van der Waals surface area contributed by atoms with Gasteiger partial charge >= 0.3 is 46.4 Å². The third-order valence-electron chi connectivity index (χ3n) is 10.7. The first-order valence-corrected chi connectivity index (χ1v) is 27.3. The lowest BCUT2D eigenvalue weighted by Gasteiger charge is -2.34. The fourth-order valence-electron chi connectivity index (χ4n) is 6.82. The van der Waals surface area contributed by atoms with E-state index in [1.165, 1.54) is 42.5 Å². The van der Waals surface area contributed by atoms with Gasteiger partial charge in [-0.1, -0.05) is 59.4 Å². The smallest absolute Gasteiger partial charge is 0.507 e. The first-order chi connectivity index (χ1) is 38.9. The number of anilines is 2. The minimum Gasteiger partial charge on any atom is -0.507 e. The molecule has 37 heteroatoms. The molecule has 562 valence electrons. The molecular weight excluding hydrogens is 1520 g/mol. The van der Waals surface area contributed by atoms with Gasteiger partial charge in [0.15, 0.2) is 26.4 Å². The van der Waals surface area contributed by atoms with E-state index in [4.69, 9.17) is 25.1 Å². The van der Waals surface area contributed by atoms with E-state index in [9.17, 15) is 96.6 Å². The van der Waals surface area contributed by atoms with Crippen LogP contribution in [-0.2, 0) is 19.0 Å². The highest BCUT2D eigenvalue weighted by molar-refractivity contribution is 9.11. The lowest BCUT2D eigenvalue weighted by molar-refractivity contribution is -0.156. The normalized spacial score (nSPS) is 13.1. The summed E-state index contributed by atoms with van der Waals surface area (Å²) in [7, 11) is -6.15. The molecule has 0 saturated carbocycles. The molecule has 95 heavy (non-hydrogen) atoms. The third-order valence-corrected chi connectivity index (χ3v) is 13.0. The van der Waals surface area contributed by atoms with Gasteiger partial charge in [-0.05, 0) is 145 Å². The molecule has 2 aliphatic heterocycles. The van der Waals surface area contributed by atoms with E-state index in [0.717, 1.165) is 56.0 Å². The van der Waals surface area contributed by atoms with Crippen molar-refractivity contribution in [2.75, 3.05) is 75.5 Å². The Morgan fingerprint density at radius 2 is 0.842 bits per heavy atom. The molecule has 0 radical (unpaired) electrons. The summed E-state index contributed by atoms with van der Waals surface area (Å²) < 4.78 is 271. The minimum absolute atomic E-state index is 0. The van der Waals surface area contributed by atoms with Crippen molar-refractivity contribution in [1.29, 1.82) is 0 Å². The van der Waals surface area contributed by atoms with Crippen LogP contribution in [0.3, 0.4) is 0 Å². The molecule has 0 spiro atoms. The van der Waals surface area contributed by atoms with Crippen LogP contribution in [0.15, 0.2) is 81.7 Å². The number of nitrogens with zero attached hydrogens (tertiary/aromatic N) is 2. The van der Waals surface area contributed by atoms with Crippen molar-refractivity contribution >= 4 is 84.3 Å². The first kappa shape index (κ1) is 109. The molecule has 0 unspecified atom stereocenters. The monoisotopic (exact) mass is 1610 g/mol. The van der Waals surface area contributed by atoms with Crippen LogP contribution in [-0.4, -0.2) is 121 Å². The molecule has 1 amide bonds. The molecule has 4 aromatic rings. The highest BCUT2D eigenvalue weighted by atomic mass is 79.9. The molecule has 4 aromatic carbocycles. The fraction of sp³-hybridized carbons (Fsp3) is 0.569. The second-order valence-corrected chi connectivity index (χ2v) is 22.2. The van der Waals surface area contributed by atoms with E-state index in [1.807, 2.05) is 9.80 Å². The van der Waals surface area contributed by atoms with Gasteiger partial charge in [0, 0.05) is 57.0 Å². The van der Waals surface area contributed by atoms with Crippen LogP contribution in [0, 0.1) is 35.1 Å². The molecule has 6 rings (SSSR count). The highest BCUT2D eigenvalue weighted by Crippen LogP contribution is 2.36. The molecule has 4 N–H and O–H groups in total. The standard InChI is InChI=1S/C19H26F4N2O3.C14H18F4N2O.C8H5BrF4O.C6H4BrFO.C3H2F6O3S.8CH4.2ClH/c1-18(2,3)28-17(26)24-11-13-6-8-25(9-7-13)15-5-4-14(20)10-16(15)27-12-19(21,22)23;15-11-1-2-12(13(7-11)21-9-14(16,17)18)20-5-3-10(8-19)4-6-20;9-6-2-1-5(10)3-7(6)14-4-8(11,12)13;7-5-2-1-4(8)3-6(5)9;4-2(5,6)1-12-13(10,11)3(7,8)9;;;;;;;;;;/h4-5,10,13H,6-9,11-12H2,1-3H3,(H,24,26);1-2,7,10H,3-6,8-9,19H2;1-3H,4H2;1-3,9H;1H2;8*1H4;2*1H. The Labute approximate surface area is 574 Å². The zero-order valence-electron chi connectivity index (χ0n) is 45.3. The predicted octanol–water partition coefficient (Wildman–Crippen LogP) is 20.6. The van der Waals surface area contributed by atoms with E-state index in [2.05, 4.69) is 46.1 Å². The molecule has 0 aromatic heterocycles. The molecule has 0 bridgehead atoms. The Hall–Kier alpha value is -4.97. The molecule has 2 heterocycles. The zero-order valence-corrected chi connectivity index (χ0v) is 51.0. The number of hydrogen-bond donors (Lipinski definition) is 3. The summed E-state index contributed by atoms with van der Waals surface area (Å²) in [5, 5.41) is 11.6. The maximum atomic E-state index is 13.5. The van der Waals surface area contributed by atoms with Crippen molar-refractivity contribution in [3.05, 3.63) is 105 Å². The summed E-state index contributed by atoms with van der Waals surface area (Å²) in [5.41, 5.74) is 0.144. The summed E-state index contributed by atoms with van der Waals surface area (Å²) in [5.74, 6) is -2.13. The number of benzene rings is 4. The Kier molecular flexibility index (Phi) is 54.8. The van der Waals surface area contributed by atoms with Gasteiger partial charge in [0.25, 0.3) is 0 Å². The number of alkyl halides is 15. The van der Waals surface area contributed by atoms with E-state index < -0.39 is 102 Å². The molecule has 0 atom stereocenters. The third kappa shape index (κ3) is 46.0. The number of ether oxygens (including phenoxy) is 4. The van der Waals surface area contributed by atoms with E-state index in [0.29, 0.717) is 61.0 Å². The van der Waals surface area contributed by atoms with Crippen molar-refractivity contribution in [3.8, 4) is 23.0 Å². The molecule has 0 aliphatic carbocycles. The van der Waals surface area contributed by atoms with E-state index in [1.54, 1.807) is 20.8 Å². The van der Waals surface area contributed by atoms with Crippen LogP contribution >= 0.6 is 56.7 Å². The van der Waals surface area contributed by atoms with Crippen LogP contribution < -0.4 is 35.1 Å². The fourth-order valence-corrected chi connectivity index (χ4v) is 7.85. The lowest BCUT2D eigenvalue weighted by Crippen LogP contribution is -2.40. The molecule has 2 saturated heterocycles. The SMILES string of the molecule is C.C.C.C.C.C.C.C.CC(C)(C)OC(=O)NCC1CCN(c2ccc(F)cc2OCC(F)(F)F)CC1.Cl.Cl.Fc1ccc(Br)c(OCC(F)(F)F)c1.NCC1CCN(c2ccc(F)cc2OCC(F)(F)F)CC1.O=S(=O)(OCC(F)(F)F)C(F)(F)F.Oc1cc(F)ccc1Br. The zero-order chi connectivity index (χ0) is 64.9. The van der Waals surface area contributed by atoms with Crippen molar-refractivity contribution < 1.29 is 125 Å². The average Bonchev–Trinajstić information content (AvgIpc) is 0.877. The average molecular weight is 1610 g/mol. The first-order valence-electron chi connectivity index (χ1n) is 24.3. The summed E-state index contributed by atoms with van der Waals surface area (Å²) in [4.78, 5) is 15.5.